The Morgan fingerprint density at radius 3 is 1.92 bits per heavy atom. The first kappa shape index (κ1) is 26.3. The van der Waals surface area contributed by atoms with Gasteiger partial charge in [-0.3, -0.25) is 0 Å². The third kappa shape index (κ3) is 6.72. The first-order valence-corrected chi connectivity index (χ1v) is 12.8. The van der Waals surface area contributed by atoms with E-state index in [4.69, 9.17) is 23.7 Å². The van der Waals surface area contributed by atoms with Crippen LogP contribution in [0.4, 0.5) is 0 Å². The van der Waals surface area contributed by atoms with Gasteiger partial charge in [-0.25, -0.2) is 4.79 Å². The Bertz CT molecular complexity index is 1080. The van der Waals surface area contributed by atoms with Gasteiger partial charge in [0.2, 0.25) is 0 Å². The molecule has 1 fully saturated rings. The molecule has 0 amide bonds. The first-order valence-electron chi connectivity index (χ1n) is 11.6. The van der Waals surface area contributed by atoms with Crippen LogP contribution >= 0.6 is 15.9 Å². The summed E-state index contributed by atoms with van der Waals surface area (Å²) in [6.45, 7) is 0.476. The zero-order chi connectivity index (χ0) is 25.3. The number of methoxy groups -OCH3 is 1. The van der Waals surface area contributed by atoms with Gasteiger partial charge in [0.15, 0.2) is 12.4 Å². The topological polar surface area (TPSA) is 83.5 Å². The number of benzene rings is 3. The van der Waals surface area contributed by atoms with E-state index in [0.717, 1.165) is 11.1 Å². The average molecular weight is 557 g/mol. The van der Waals surface area contributed by atoms with Crippen LogP contribution in [-0.4, -0.2) is 54.2 Å². The molecule has 3 aromatic rings. The van der Waals surface area contributed by atoms with Crippen molar-refractivity contribution in [2.75, 3.05) is 12.4 Å². The smallest absolute Gasteiger partial charge is 0.338 e. The predicted molar refractivity (Wildman–Crippen MR) is 137 cm³/mol. The minimum Gasteiger partial charge on any atom is -0.497 e. The quantitative estimate of drug-likeness (QED) is 0.290. The third-order valence-electron chi connectivity index (χ3n) is 5.90. The van der Waals surface area contributed by atoms with E-state index < -0.39 is 36.7 Å². The Morgan fingerprint density at radius 1 is 0.833 bits per heavy atom. The Morgan fingerprint density at radius 2 is 1.39 bits per heavy atom. The van der Waals surface area contributed by atoms with Crippen molar-refractivity contribution >= 4 is 21.9 Å². The molecule has 3 aromatic carbocycles. The molecule has 1 N–H and O–H groups in total. The fraction of sp³-hybridized carbons (Fsp3) is 0.321. The molecule has 1 aliphatic heterocycles. The van der Waals surface area contributed by atoms with Crippen molar-refractivity contribution in [1.29, 1.82) is 0 Å². The average Bonchev–Trinajstić information content (AvgIpc) is 2.93. The van der Waals surface area contributed by atoms with E-state index >= 15 is 0 Å². The molecular weight excluding hydrogens is 528 g/mol. The third-order valence-corrected chi connectivity index (χ3v) is 6.54. The number of carbonyl (C=O) groups is 1. The van der Waals surface area contributed by atoms with Gasteiger partial charge in [-0.2, -0.15) is 0 Å². The molecule has 0 aliphatic carbocycles. The number of carbonyl (C=O) groups excluding carboxylic acids is 1. The summed E-state index contributed by atoms with van der Waals surface area (Å²) in [6, 6.07) is 25.9. The molecule has 1 heterocycles. The molecule has 0 saturated carbocycles. The van der Waals surface area contributed by atoms with Gasteiger partial charge in [0.25, 0.3) is 0 Å². The molecule has 1 saturated heterocycles. The first-order chi connectivity index (χ1) is 17.6. The van der Waals surface area contributed by atoms with E-state index in [1.54, 1.807) is 31.4 Å². The highest BCUT2D eigenvalue weighted by molar-refractivity contribution is 9.09. The number of aliphatic hydroxyl groups is 1. The fourth-order valence-corrected chi connectivity index (χ4v) is 4.50. The lowest BCUT2D eigenvalue weighted by Gasteiger charge is -2.43. The zero-order valence-corrected chi connectivity index (χ0v) is 21.5. The minimum atomic E-state index is -1.27. The highest BCUT2D eigenvalue weighted by atomic mass is 79.9. The number of esters is 1. The van der Waals surface area contributed by atoms with Crippen LogP contribution in [0.25, 0.3) is 0 Å². The molecular formula is C28H29BrO7. The number of hydrogen-bond acceptors (Lipinski definition) is 7. The van der Waals surface area contributed by atoms with E-state index in [1.807, 2.05) is 60.7 Å². The molecule has 0 aromatic heterocycles. The summed E-state index contributed by atoms with van der Waals surface area (Å²) in [5, 5.41) is 11.2. The van der Waals surface area contributed by atoms with Crippen molar-refractivity contribution in [2.45, 2.75) is 43.9 Å². The van der Waals surface area contributed by atoms with Crippen LogP contribution < -0.4 is 4.74 Å². The fourth-order valence-electron chi connectivity index (χ4n) is 3.98. The van der Waals surface area contributed by atoms with E-state index in [1.165, 1.54) is 0 Å². The van der Waals surface area contributed by atoms with Gasteiger partial charge in [0.05, 0.1) is 25.9 Å². The molecule has 7 nitrogen and oxygen atoms in total. The van der Waals surface area contributed by atoms with Crippen molar-refractivity contribution in [2.24, 2.45) is 0 Å². The number of rotatable bonds is 10. The van der Waals surface area contributed by atoms with Crippen molar-refractivity contribution < 1.29 is 33.6 Å². The predicted octanol–water partition coefficient (Wildman–Crippen LogP) is 4.50. The number of ether oxygens (including phenoxy) is 5. The second kappa shape index (κ2) is 13.0. The maximum Gasteiger partial charge on any atom is 0.338 e. The summed E-state index contributed by atoms with van der Waals surface area (Å²) in [5.74, 6) is 0.0937. The molecule has 36 heavy (non-hydrogen) atoms. The van der Waals surface area contributed by atoms with Gasteiger partial charge >= 0.3 is 5.97 Å². The molecule has 8 heteroatoms. The van der Waals surface area contributed by atoms with Crippen LogP contribution in [0.1, 0.15) is 21.5 Å². The summed E-state index contributed by atoms with van der Waals surface area (Å²) in [4.78, 5) is 13.1. The van der Waals surface area contributed by atoms with Crippen LogP contribution in [0.3, 0.4) is 0 Å². The second-order valence-electron chi connectivity index (χ2n) is 8.34. The number of aliphatic hydroxyl groups excluding tert-OH is 1. The van der Waals surface area contributed by atoms with Gasteiger partial charge in [-0.05, 0) is 35.4 Å². The molecule has 4 rings (SSSR count). The van der Waals surface area contributed by atoms with Crippen molar-refractivity contribution in [3.05, 3.63) is 102 Å². The van der Waals surface area contributed by atoms with Crippen molar-refractivity contribution in [3.63, 3.8) is 0 Å². The van der Waals surface area contributed by atoms with Gasteiger partial charge in [-0.15, -0.1) is 0 Å². The largest absolute Gasteiger partial charge is 0.497 e. The van der Waals surface area contributed by atoms with Crippen LogP contribution in [0.5, 0.6) is 5.75 Å². The van der Waals surface area contributed by atoms with Crippen molar-refractivity contribution in [3.8, 4) is 5.75 Å². The van der Waals surface area contributed by atoms with Crippen LogP contribution in [-0.2, 0) is 32.2 Å². The van der Waals surface area contributed by atoms with Gasteiger partial charge in [0.1, 0.15) is 24.1 Å². The second-order valence-corrected chi connectivity index (χ2v) is 8.99. The molecule has 0 radical (unpaired) electrons. The lowest BCUT2D eigenvalue weighted by Crippen LogP contribution is -2.61. The molecule has 0 spiro atoms. The van der Waals surface area contributed by atoms with Crippen LogP contribution in [0.2, 0.25) is 0 Å². The summed E-state index contributed by atoms with van der Waals surface area (Å²) in [6.07, 6.45) is -4.44. The maximum atomic E-state index is 13.1. The summed E-state index contributed by atoms with van der Waals surface area (Å²) in [7, 11) is 1.56. The van der Waals surface area contributed by atoms with Gasteiger partial charge < -0.3 is 28.8 Å². The molecule has 1 aliphatic rings. The Hall–Kier alpha value is -2.75. The normalized spacial score (nSPS) is 23.7. The van der Waals surface area contributed by atoms with Gasteiger partial charge in [-0.1, -0.05) is 76.6 Å². The van der Waals surface area contributed by atoms with Crippen molar-refractivity contribution in [1.82, 2.24) is 0 Å². The maximum absolute atomic E-state index is 13.1. The number of alkyl halides is 1. The lowest BCUT2D eigenvalue weighted by atomic mass is 9.98. The van der Waals surface area contributed by atoms with E-state index in [9.17, 15) is 9.90 Å². The highest BCUT2D eigenvalue weighted by Crippen LogP contribution is 2.30. The Kier molecular flexibility index (Phi) is 9.49. The molecule has 0 unspecified atom stereocenters. The minimum absolute atomic E-state index is 0.231. The highest BCUT2D eigenvalue weighted by Gasteiger charge is 2.49. The Balaban J connectivity index is 1.57. The molecule has 190 valence electrons. The number of hydrogen-bond donors (Lipinski definition) is 1. The van der Waals surface area contributed by atoms with E-state index in [0.29, 0.717) is 16.6 Å². The zero-order valence-electron chi connectivity index (χ0n) is 19.9. The SMILES string of the molecule is COc1ccc(C(=O)O[C@@H]2[C@H](OCc3ccccc3)[C@@H](OCc3ccccc3)[C@H](O)O[C@@H]2CBr)cc1. The Labute approximate surface area is 219 Å². The monoisotopic (exact) mass is 556 g/mol. The summed E-state index contributed by atoms with van der Waals surface area (Å²) < 4.78 is 29.3. The van der Waals surface area contributed by atoms with Gasteiger partial charge in [0, 0.05) is 5.33 Å². The summed E-state index contributed by atoms with van der Waals surface area (Å²) in [5.41, 5.74) is 2.23. The summed E-state index contributed by atoms with van der Waals surface area (Å²) >= 11 is 3.42. The van der Waals surface area contributed by atoms with Crippen LogP contribution in [0.15, 0.2) is 84.9 Å². The number of halogens is 1. The van der Waals surface area contributed by atoms with E-state index in [2.05, 4.69) is 15.9 Å². The lowest BCUT2D eigenvalue weighted by molar-refractivity contribution is -0.298. The van der Waals surface area contributed by atoms with Crippen LogP contribution in [0, 0.1) is 0 Å². The van der Waals surface area contributed by atoms with E-state index in [-0.39, 0.29) is 13.2 Å². The molecule has 5 atom stereocenters. The standard InChI is InChI=1S/C28H29BrO7/c1-32-22-14-12-21(13-15-22)27(30)36-24-23(16-29)35-28(31)26(34-18-20-10-6-3-7-11-20)25(24)33-17-19-8-4-2-5-9-19/h2-15,23-26,28,31H,16-18H2,1H3/t23-,24+,25+,26-,28-/m1/s1. The molecule has 0 bridgehead atoms.